The molecule has 7 heteroatoms. The lowest BCUT2D eigenvalue weighted by atomic mass is 9.80. The van der Waals surface area contributed by atoms with Crippen molar-refractivity contribution in [3.05, 3.63) is 23.8 Å². The number of hydrogen-bond donors (Lipinski definition) is 3. The Kier molecular flexibility index (Phi) is 15.4. The molecule has 0 heterocycles. The Morgan fingerprint density at radius 1 is 1.00 bits per heavy atom. The largest absolute Gasteiger partial charge is 0.493 e. The highest BCUT2D eigenvalue weighted by Crippen LogP contribution is 2.32. The van der Waals surface area contributed by atoms with Gasteiger partial charge >= 0.3 is 0 Å². The predicted octanol–water partition coefficient (Wildman–Crippen LogP) is 5.75. The van der Waals surface area contributed by atoms with Crippen molar-refractivity contribution in [1.29, 1.82) is 0 Å². The van der Waals surface area contributed by atoms with Crippen molar-refractivity contribution in [2.45, 2.75) is 111 Å². The normalized spacial score (nSPS) is 18.3. The van der Waals surface area contributed by atoms with Crippen LogP contribution < -0.4 is 20.5 Å². The van der Waals surface area contributed by atoms with Gasteiger partial charge in [-0.15, -0.1) is 0 Å². The molecular weight excluding hydrogens is 504 g/mol. The lowest BCUT2D eigenvalue weighted by Gasteiger charge is -2.32. The molecule has 1 amide bonds. The van der Waals surface area contributed by atoms with E-state index in [1.165, 1.54) is 32.1 Å². The van der Waals surface area contributed by atoms with E-state index in [1.54, 1.807) is 14.2 Å². The average molecular weight is 563 g/mol. The molecule has 0 aromatic heterocycles. The Morgan fingerprint density at radius 3 is 2.30 bits per heavy atom. The van der Waals surface area contributed by atoms with Crippen LogP contribution in [0.15, 0.2) is 18.2 Å². The van der Waals surface area contributed by atoms with Crippen LogP contribution in [-0.2, 0) is 16.0 Å². The molecule has 1 aliphatic carbocycles. The minimum atomic E-state index is -0.736. The summed E-state index contributed by atoms with van der Waals surface area (Å²) in [4.78, 5) is 13.3. The molecular formula is C33H58N2O5. The number of rotatable bonds is 18. The summed E-state index contributed by atoms with van der Waals surface area (Å²) in [7, 11) is 3.33. The first-order valence-corrected chi connectivity index (χ1v) is 15.6. The van der Waals surface area contributed by atoms with Gasteiger partial charge in [0.15, 0.2) is 11.5 Å². The Morgan fingerprint density at radius 2 is 1.70 bits per heavy atom. The molecule has 0 aliphatic heterocycles. The number of nitrogens with two attached hydrogens (primary N) is 1. The fourth-order valence-electron chi connectivity index (χ4n) is 5.95. The third-order valence-corrected chi connectivity index (χ3v) is 8.85. The van der Waals surface area contributed by atoms with Crippen molar-refractivity contribution in [2.75, 3.05) is 27.4 Å². The number of aliphatic hydroxyl groups is 1. The monoisotopic (exact) mass is 562 g/mol. The molecule has 0 saturated heterocycles. The highest BCUT2D eigenvalue weighted by Gasteiger charge is 2.31. The minimum absolute atomic E-state index is 0.0518. The van der Waals surface area contributed by atoms with E-state index >= 15 is 0 Å². The molecule has 0 bridgehead atoms. The van der Waals surface area contributed by atoms with E-state index in [2.05, 4.69) is 52.1 Å². The summed E-state index contributed by atoms with van der Waals surface area (Å²) < 4.78 is 16.6. The van der Waals surface area contributed by atoms with E-state index in [-0.39, 0.29) is 29.7 Å². The fourth-order valence-corrected chi connectivity index (χ4v) is 5.95. The molecule has 5 atom stereocenters. The Hall–Kier alpha value is -1.83. The fraction of sp³-hybridized carbons (Fsp3) is 0.788. The second-order valence-corrected chi connectivity index (χ2v) is 12.6. The van der Waals surface area contributed by atoms with E-state index in [9.17, 15) is 9.90 Å². The van der Waals surface area contributed by atoms with Crippen molar-refractivity contribution < 1.29 is 24.1 Å². The number of methoxy groups -OCH3 is 2. The SMILES string of the molecule is COCCCOc1cc(C[C@@H](C[C@H](N)C(O)C[C@H](C(=O)N[C@H](C)C2CCCCC2)C(C)C)C(C)C)ccc1OC. The van der Waals surface area contributed by atoms with Gasteiger partial charge < -0.3 is 30.4 Å². The van der Waals surface area contributed by atoms with Crippen molar-refractivity contribution in [3.8, 4) is 11.5 Å². The van der Waals surface area contributed by atoms with E-state index in [4.69, 9.17) is 19.9 Å². The summed E-state index contributed by atoms with van der Waals surface area (Å²) in [5, 5.41) is 14.5. The zero-order chi connectivity index (χ0) is 29.7. The summed E-state index contributed by atoms with van der Waals surface area (Å²) in [6, 6.07) is 5.84. The van der Waals surface area contributed by atoms with Crippen LogP contribution in [-0.4, -0.2) is 56.6 Å². The summed E-state index contributed by atoms with van der Waals surface area (Å²) >= 11 is 0. The zero-order valence-electron chi connectivity index (χ0n) is 26.3. The average Bonchev–Trinajstić information content (AvgIpc) is 2.93. The molecule has 1 aliphatic rings. The van der Waals surface area contributed by atoms with Gasteiger partial charge in [-0.1, -0.05) is 53.0 Å². The maximum Gasteiger partial charge on any atom is 0.223 e. The molecule has 1 unspecified atom stereocenters. The number of carbonyl (C=O) groups is 1. The number of aliphatic hydroxyl groups excluding tert-OH is 1. The lowest BCUT2D eigenvalue weighted by Crippen LogP contribution is -2.46. The molecule has 0 spiro atoms. The van der Waals surface area contributed by atoms with Crippen LogP contribution in [0.5, 0.6) is 11.5 Å². The van der Waals surface area contributed by atoms with E-state index in [0.717, 1.165) is 24.2 Å². The Balaban J connectivity index is 2.00. The minimum Gasteiger partial charge on any atom is -0.493 e. The summed E-state index contributed by atoms with van der Waals surface area (Å²) in [5.41, 5.74) is 7.76. The van der Waals surface area contributed by atoms with Crippen molar-refractivity contribution in [3.63, 3.8) is 0 Å². The van der Waals surface area contributed by atoms with Gasteiger partial charge in [0.1, 0.15) is 0 Å². The standard InChI is InChI=1S/C33H58N2O5/c1-22(2)27(18-25-14-15-31(39-7)32(19-25)40-17-11-16-38-6)20-29(34)30(36)21-28(23(3)4)33(37)35-24(5)26-12-9-8-10-13-26/h14-15,19,22-24,26-30,36H,8-13,16-18,20-21,34H2,1-7H3,(H,35,37)/t24-,27+,28+,29+,30?/m1/s1. The molecule has 40 heavy (non-hydrogen) atoms. The van der Waals surface area contributed by atoms with Crippen molar-refractivity contribution >= 4 is 5.91 Å². The van der Waals surface area contributed by atoms with Gasteiger partial charge in [0.2, 0.25) is 5.91 Å². The Labute approximate surface area is 243 Å². The van der Waals surface area contributed by atoms with Gasteiger partial charge in [-0.25, -0.2) is 0 Å². The number of ether oxygens (including phenoxy) is 3. The maximum atomic E-state index is 13.3. The molecule has 1 aromatic rings. The smallest absolute Gasteiger partial charge is 0.223 e. The van der Waals surface area contributed by atoms with Gasteiger partial charge in [-0.3, -0.25) is 4.79 Å². The van der Waals surface area contributed by atoms with Crippen LogP contribution in [0.3, 0.4) is 0 Å². The second kappa shape index (κ2) is 17.9. The summed E-state index contributed by atoms with van der Waals surface area (Å²) in [6.07, 6.45) is 8.14. The number of benzene rings is 1. The Bertz CT molecular complexity index is 855. The summed E-state index contributed by atoms with van der Waals surface area (Å²) in [6.45, 7) is 11.9. The van der Waals surface area contributed by atoms with Crippen molar-refractivity contribution in [1.82, 2.24) is 5.32 Å². The third kappa shape index (κ3) is 11.2. The van der Waals surface area contributed by atoms with Crippen LogP contribution in [0, 0.1) is 29.6 Å². The topological polar surface area (TPSA) is 103 Å². The molecule has 1 saturated carbocycles. The predicted molar refractivity (Wildman–Crippen MR) is 163 cm³/mol. The zero-order valence-corrected chi connectivity index (χ0v) is 26.3. The molecule has 2 rings (SSSR count). The number of nitrogens with one attached hydrogen (secondary N) is 1. The third-order valence-electron chi connectivity index (χ3n) is 8.85. The molecule has 0 radical (unpaired) electrons. The van der Waals surface area contributed by atoms with E-state index in [1.807, 2.05) is 6.07 Å². The lowest BCUT2D eigenvalue weighted by molar-refractivity contribution is -0.128. The first kappa shape index (κ1) is 34.4. The quantitative estimate of drug-likeness (QED) is 0.197. The van der Waals surface area contributed by atoms with Crippen LogP contribution in [0.4, 0.5) is 0 Å². The number of hydrogen-bond acceptors (Lipinski definition) is 6. The summed E-state index contributed by atoms with van der Waals surface area (Å²) in [5.74, 6) is 2.58. The van der Waals surface area contributed by atoms with Gasteiger partial charge in [-0.2, -0.15) is 0 Å². The van der Waals surface area contributed by atoms with Crippen LogP contribution >= 0.6 is 0 Å². The molecule has 7 nitrogen and oxygen atoms in total. The van der Waals surface area contributed by atoms with Gasteiger partial charge in [-0.05, 0) is 80.4 Å². The molecule has 1 aromatic carbocycles. The maximum absolute atomic E-state index is 13.3. The van der Waals surface area contributed by atoms with E-state index in [0.29, 0.717) is 43.6 Å². The molecule has 230 valence electrons. The highest BCUT2D eigenvalue weighted by atomic mass is 16.5. The van der Waals surface area contributed by atoms with Gasteiger partial charge in [0.25, 0.3) is 0 Å². The van der Waals surface area contributed by atoms with Crippen LogP contribution in [0.2, 0.25) is 0 Å². The second-order valence-electron chi connectivity index (χ2n) is 12.6. The first-order chi connectivity index (χ1) is 19.1. The van der Waals surface area contributed by atoms with E-state index < -0.39 is 12.1 Å². The van der Waals surface area contributed by atoms with Crippen LogP contribution in [0.1, 0.15) is 91.5 Å². The van der Waals surface area contributed by atoms with Gasteiger partial charge in [0, 0.05) is 38.1 Å². The number of amides is 1. The molecule has 4 N–H and O–H groups in total. The van der Waals surface area contributed by atoms with Crippen LogP contribution in [0.25, 0.3) is 0 Å². The number of carbonyl (C=O) groups excluding carboxylic acids is 1. The first-order valence-electron chi connectivity index (χ1n) is 15.6. The van der Waals surface area contributed by atoms with Crippen molar-refractivity contribution in [2.24, 2.45) is 35.3 Å². The molecule has 1 fully saturated rings. The van der Waals surface area contributed by atoms with Gasteiger partial charge in [0.05, 0.1) is 19.8 Å². The highest BCUT2D eigenvalue weighted by molar-refractivity contribution is 5.79.